The molecule has 0 aliphatic carbocycles. The van der Waals surface area contributed by atoms with Crippen LogP contribution in [0.15, 0.2) is 48.5 Å². The van der Waals surface area contributed by atoms with Crippen LogP contribution in [0.1, 0.15) is 32.9 Å². The first-order valence-corrected chi connectivity index (χ1v) is 9.20. The maximum absolute atomic E-state index is 14.3. The number of aryl methyl sites for hydroxylation is 2. The average Bonchev–Trinajstić information content (AvgIpc) is 3.05. The predicted molar refractivity (Wildman–Crippen MR) is 108 cm³/mol. The number of hydrogen-bond acceptors (Lipinski definition) is 4. The SMILES string of the molecule is Cc1cc(C)n(C(=N)NC(=O)c2ccc3c(c2)C(c2c(F)cccc2F)=CCO3)n1. The van der Waals surface area contributed by atoms with E-state index in [1.165, 1.54) is 35.0 Å². The van der Waals surface area contributed by atoms with E-state index in [1.807, 2.05) is 0 Å². The van der Waals surface area contributed by atoms with Crippen LogP contribution in [0.2, 0.25) is 0 Å². The van der Waals surface area contributed by atoms with Crippen molar-refractivity contribution in [3.05, 3.63) is 88.3 Å². The Hall–Kier alpha value is -3.81. The van der Waals surface area contributed by atoms with Crippen LogP contribution in [0.25, 0.3) is 5.57 Å². The van der Waals surface area contributed by atoms with Gasteiger partial charge in [-0.05, 0) is 61.9 Å². The highest BCUT2D eigenvalue weighted by atomic mass is 19.1. The summed E-state index contributed by atoms with van der Waals surface area (Å²) in [7, 11) is 0. The second-order valence-electron chi connectivity index (χ2n) is 6.88. The minimum atomic E-state index is -0.699. The van der Waals surface area contributed by atoms with E-state index >= 15 is 0 Å². The van der Waals surface area contributed by atoms with Crippen LogP contribution in [0.5, 0.6) is 5.75 Å². The number of nitrogens with one attached hydrogen (secondary N) is 2. The van der Waals surface area contributed by atoms with Crippen molar-refractivity contribution < 1.29 is 18.3 Å². The molecule has 0 radical (unpaired) electrons. The van der Waals surface area contributed by atoms with Gasteiger partial charge in [-0.1, -0.05) is 6.07 Å². The van der Waals surface area contributed by atoms with Gasteiger partial charge in [0.2, 0.25) is 5.96 Å². The molecule has 2 heterocycles. The molecule has 1 aliphatic rings. The molecule has 0 fully saturated rings. The second kappa shape index (κ2) is 7.55. The van der Waals surface area contributed by atoms with E-state index in [-0.39, 0.29) is 23.7 Å². The highest BCUT2D eigenvalue weighted by molar-refractivity contribution is 6.06. The van der Waals surface area contributed by atoms with Gasteiger partial charge in [0.25, 0.3) is 5.91 Å². The molecule has 8 heteroatoms. The molecule has 30 heavy (non-hydrogen) atoms. The standard InChI is InChI=1S/C22H18F2N4O2/c1-12-10-13(2)28(27-12)22(25)26-21(29)14-6-7-19-16(11-14)15(8-9-30-19)20-17(23)4-3-5-18(20)24/h3-8,10-11H,9H2,1-2H3,(H2,25,26,29). The molecule has 1 amide bonds. The summed E-state index contributed by atoms with van der Waals surface area (Å²) in [5.74, 6) is -1.73. The molecule has 0 saturated carbocycles. The minimum absolute atomic E-state index is 0.157. The Bertz CT molecular complexity index is 1190. The number of amides is 1. The van der Waals surface area contributed by atoms with Crippen molar-refractivity contribution in [1.29, 1.82) is 5.41 Å². The van der Waals surface area contributed by atoms with Gasteiger partial charge >= 0.3 is 0 Å². The summed E-state index contributed by atoms with van der Waals surface area (Å²) in [6.45, 7) is 3.72. The van der Waals surface area contributed by atoms with Crippen LogP contribution < -0.4 is 10.1 Å². The normalized spacial score (nSPS) is 12.6. The number of rotatable bonds is 2. The molecule has 2 N–H and O–H groups in total. The summed E-state index contributed by atoms with van der Waals surface area (Å²) in [6, 6.07) is 10.0. The fourth-order valence-corrected chi connectivity index (χ4v) is 3.41. The zero-order valence-corrected chi connectivity index (χ0v) is 16.3. The van der Waals surface area contributed by atoms with Crippen LogP contribution in [0.3, 0.4) is 0 Å². The number of halogens is 2. The van der Waals surface area contributed by atoms with Crippen molar-refractivity contribution in [2.45, 2.75) is 13.8 Å². The van der Waals surface area contributed by atoms with Crippen LogP contribution >= 0.6 is 0 Å². The van der Waals surface area contributed by atoms with E-state index in [0.717, 1.165) is 5.69 Å². The molecule has 1 aromatic heterocycles. The fraction of sp³-hybridized carbons (Fsp3) is 0.136. The number of benzene rings is 2. The summed E-state index contributed by atoms with van der Waals surface area (Å²) < 4.78 is 35.6. The van der Waals surface area contributed by atoms with Crippen LogP contribution in [-0.2, 0) is 0 Å². The summed E-state index contributed by atoms with van der Waals surface area (Å²) in [6.07, 6.45) is 1.57. The van der Waals surface area contributed by atoms with E-state index < -0.39 is 17.5 Å². The Morgan fingerprint density at radius 1 is 1.17 bits per heavy atom. The van der Waals surface area contributed by atoms with Gasteiger partial charge < -0.3 is 4.74 Å². The summed E-state index contributed by atoms with van der Waals surface area (Å²) in [4.78, 5) is 12.7. The van der Waals surface area contributed by atoms with Crippen molar-refractivity contribution in [1.82, 2.24) is 15.1 Å². The third kappa shape index (κ3) is 3.47. The maximum Gasteiger partial charge on any atom is 0.258 e. The zero-order chi connectivity index (χ0) is 21.4. The monoisotopic (exact) mass is 408 g/mol. The van der Waals surface area contributed by atoms with Crippen molar-refractivity contribution in [2.24, 2.45) is 0 Å². The molecular formula is C22H18F2N4O2. The van der Waals surface area contributed by atoms with Gasteiger partial charge in [-0.2, -0.15) is 5.10 Å². The number of nitrogens with zero attached hydrogens (tertiary/aromatic N) is 2. The molecular weight excluding hydrogens is 390 g/mol. The van der Waals surface area contributed by atoms with Gasteiger partial charge in [-0.25, -0.2) is 13.5 Å². The summed E-state index contributed by atoms with van der Waals surface area (Å²) >= 11 is 0. The molecule has 0 spiro atoms. The number of aromatic nitrogens is 2. The van der Waals surface area contributed by atoms with Gasteiger partial charge in [0.05, 0.1) is 11.3 Å². The van der Waals surface area contributed by atoms with E-state index in [0.29, 0.717) is 22.6 Å². The van der Waals surface area contributed by atoms with Crippen LogP contribution in [0.4, 0.5) is 8.78 Å². The number of ether oxygens (including phenoxy) is 1. The molecule has 0 unspecified atom stereocenters. The summed E-state index contributed by atoms with van der Waals surface area (Å²) in [5, 5.41) is 14.8. The predicted octanol–water partition coefficient (Wildman–Crippen LogP) is 3.82. The molecule has 6 nitrogen and oxygen atoms in total. The third-order valence-electron chi connectivity index (χ3n) is 4.74. The Morgan fingerprint density at radius 2 is 1.90 bits per heavy atom. The first-order valence-electron chi connectivity index (χ1n) is 9.20. The highest BCUT2D eigenvalue weighted by Crippen LogP contribution is 2.37. The number of carbonyl (C=O) groups is 1. The molecule has 0 bridgehead atoms. The zero-order valence-electron chi connectivity index (χ0n) is 16.3. The molecule has 1 aliphatic heterocycles. The number of hydrogen-bond donors (Lipinski definition) is 2. The van der Waals surface area contributed by atoms with Crippen molar-refractivity contribution in [3.63, 3.8) is 0 Å². The molecule has 152 valence electrons. The minimum Gasteiger partial charge on any atom is -0.489 e. The largest absolute Gasteiger partial charge is 0.489 e. The Labute approximate surface area is 171 Å². The van der Waals surface area contributed by atoms with Gasteiger partial charge in [0, 0.05) is 16.8 Å². The average molecular weight is 408 g/mol. The van der Waals surface area contributed by atoms with E-state index in [1.54, 1.807) is 32.1 Å². The fourth-order valence-electron chi connectivity index (χ4n) is 3.41. The summed E-state index contributed by atoms with van der Waals surface area (Å²) in [5.41, 5.74) is 2.19. The van der Waals surface area contributed by atoms with E-state index in [2.05, 4.69) is 10.4 Å². The van der Waals surface area contributed by atoms with Crippen molar-refractivity contribution in [3.8, 4) is 5.75 Å². The molecule has 0 saturated heterocycles. The lowest BCUT2D eigenvalue weighted by molar-refractivity contribution is 0.0975. The molecule has 3 aromatic rings. The van der Waals surface area contributed by atoms with Crippen LogP contribution in [-0.4, -0.2) is 28.3 Å². The van der Waals surface area contributed by atoms with Gasteiger partial charge in [0.1, 0.15) is 24.0 Å². The topological polar surface area (TPSA) is 80.0 Å². The quantitative estimate of drug-likeness (QED) is 0.500. The van der Waals surface area contributed by atoms with Gasteiger partial charge in [-0.3, -0.25) is 15.5 Å². The number of carbonyl (C=O) groups excluding carboxylic acids is 1. The molecule has 0 atom stereocenters. The lowest BCUT2D eigenvalue weighted by Crippen LogP contribution is -2.36. The highest BCUT2D eigenvalue weighted by Gasteiger charge is 2.23. The van der Waals surface area contributed by atoms with Gasteiger partial charge in [-0.15, -0.1) is 0 Å². The Morgan fingerprint density at radius 3 is 2.57 bits per heavy atom. The number of fused-ring (bicyclic) bond motifs is 1. The Balaban J connectivity index is 1.67. The van der Waals surface area contributed by atoms with Crippen molar-refractivity contribution >= 4 is 17.4 Å². The first-order chi connectivity index (χ1) is 14.3. The smallest absolute Gasteiger partial charge is 0.258 e. The lowest BCUT2D eigenvalue weighted by atomic mass is 9.93. The first kappa shape index (κ1) is 19.5. The Kier molecular flexibility index (Phi) is 4.91. The van der Waals surface area contributed by atoms with E-state index in [9.17, 15) is 13.6 Å². The van der Waals surface area contributed by atoms with Crippen LogP contribution in [0, 0.1) is 30.9 Å². The van der Waals surface area contributed by atoms with Crippen molar-refractivity contribution in [2.75, 3.05) is 6.61 Å². The molecule has 2 aromatic carbocycles. The maximum atomic E-state index is 14.3. The molecule has 4 rings (SSSR count). The third-order valence-corrected chi connectivity index (χ3v) is 4.74. The van der Waals surface area contributed by atoms with Gasteiger partial charge in [0.15, 0.2) is 0 Å². The second-order valence-corrected chi connectivity index (χ2v) is 6.88. The lowest BCUT2D eigenvalue weighted by Gasteiger charge is -2.20. The van der Waals surface area contributed by atoms with E-state index in [4.69, 9.17) is 10.1 Å².